The summed E-state index contributed by atoms with van der Waals surface area (Å²) < 4.78 is 0. The Balaban J connectivity index is 1.83. The minimum absolute atomic E-state index is 0.0665. The van der Waals surface area contributed by atoms with Crippen LogP contribution in [0.2, 0.25) is 0 Å². The highest BCUT2D eigenvalue weighted by atomic mass is 16.3. The molecule has 0 aliphatic carbocycles. The molecule has 10 heteroatoms. The summed E-state index contributed by atoms with van der Waals surface area (Å²) in [5.41, 5.74) is 5.05. The number of amides is 3. The minimum atomic E-state index is -1.01. The van der Waals surface area contributed by atoms with Crippen molar-refractivity contribution in [3.05, 3.63) is 47.5 Å². The molecule has 8 N–H and O–H groups in total. The first-order valence-electron chi connectivity index (χ1n) is 9.12. The Hall–Kier alpha value is -3.95. The van der Waals surface area contributed by atoms with Crippen molar-refractivity contribution in [3.8, 4) is 23.0 Å². The highest BCUT2D eigenvalue weighted by Crippen LogP contribution is 2.28. The summed E-state index contributed by atoms with van der Waals surface area (Å²) in [6.07, 6.45) is 1.06. The van der Waals surface area contributed by atoms with Crippen molar-refractivity contribution in [2.24, 2.45) is 5.73 Å². The van der Waals surface area contributed by atoms with Crippen molar-refractivity contribution in [3.63, 3.8) is 0 Å². The average Bonchev–Trinajstić information content (AvgIpc) is 2.70. The summed E-state index contributed by atoms with van der Waals surface area (Å²) in [6, 6.07) is 6.90. The lowest BCUT2D eigenvalue weighted by Gasteiger charge is -2.16. The van der Waals surface area contributed by atoms with E-state index in [9.17, 15) is 34.8 Å². The number of carbonyl (C=O) groups is 3. The number of carbonyl (C=O) groups excluding carboxylic acids is 3. The molecule has 0 aliphatic rings. The van der Waals surface area contributed by atoms with Crippen LogP contribution in [0.5, 0.6) is 23.0 Å². The normalized spacial score (nSPS) is 11.5. The Labute approximate surface area is 172 Å². The van der Waals surface area contributed by atoms with Crippen molar-refractivity contribution < 1.29 is 34.8 Å². The second-order valence-corrected chi connectivity index (χ2v) is 6.53. The number of aromatic hydroxyl groups is 4. The van der Waals surface area contributed by atoms with Gasteiger partial charge in [0.15, 0.2) is 23.0 Å². The highest BCUT2D eigenvalue weighted by Gasteiger charge is 2.21. The van der Waals surface area contributed by atoms with Crippen molar-refractivity contribution in [2.45, 2.75) is 25.3 Å². The number of hydrogen-bond acceptors (Lipinski definition) is 7. The number of rotatable bonds is 9. The molecule has 160 valence electrons. The maximum atomic E-state index is 12.2. The van der Waals surface area contributed by atoms with Crippen LogP contribution in [-0.2, 0) is 4.79 Å². The second-order valence-electron chi connectivity index (χ2n) is 6.53. The zero-order valence-corrected chi connectivity index (χ0v) is 16.0. The number of phenolic OH excluding ortho intramolecular Hbond substituents is 4. The van der Waals surface area contributed by atoms with E-state index in [0.29, 0.717) is 12.8 Å². The van der Waals surface area contributed by atoms with E-state index in [-0.39, 0.29) is 24.1 Å². The topological polar surface area (TPSA) is 182 Å². The van der Waals surface area contributed by atoms with Gasteiger partial charge in [-0.15, -0.1) is 0 Å². The molecule has 0 aromatic heterocycles. The van der Waals surface area contributed by atoms with E-state index in [2.05, 4.69) is 10.6 Å². The van der Waals surface area contributed by atoms with E-state index in [0.717, 1.165) is 0 Å². The van der Waals surface area contributed by atoms with Crippen LogP contribution in [0, 0.1) is 0 Å². The number of hydrogen-bond donors (Lipinski definition) is 7. The standard InChI is InChI=1S/C20H23N3O7/c21-18(28)13(23-20(30)12-6-4-9-15(25)17(12)27)7-1-2-10-22-19(29)11-5-3-8-14(24)16(11)26/h3-6,8-9,13,24-27H,1-2,7,10H2,(H2,21,28)(H,22,29)(H,23,30)/t13-/m0/s1. The highest BCUT2D eigenvalue weighted by molar-refractivity contribution is 6.00. The van der Waals surface area contributed by atoms with Gasteiger partial charge in [-0.3, -0.25) is 14.4 Å². The van der Waals surface area contributed by atoms with Crippen LogP contribution >= 0.6 is 0 Å². The molecule has 0 fully saturated rings. The molecule has 2 aromatic carbocycles. The zero-order chi connectivity index (χ0) is 22.3. The molecule has 1 atom stereocenters. The van der Waals surface area contributed by atoms with Gasteiger partial charge in [-0.05, 0) is 43.5 Å². The van der Waals surface area contributed by atoms with E-state index >= 15 is 0 Å². The lowest BCUT2D eigenvalue weighted by molar-refractivity contribution is -0.120. The van der Waals surface area contributed by atoms with Gasteiger partial charge in [0.1, 0.15) is 6.04 Å². The molecule has 0 spiro atoms. The Morgan fingerprint density at radius 2 is 1.37 bits per heavy atom. The molecule has 0 bridgehead atoms. The molecule has 0 heterocycles. The fourth-order valence-electron chi connectivity index (χ4n) is 2.72. The summed E-state index contributed by atoms with van der Waals surface area (Å²) in [7, 11) is 0. The van der Waals surface area contributed by atoms with Crippen LogP contribution in [0.15, 0.2) is 36.4 Å². The summed E-state index contributed by atoms with van der Waals surface area (Å²) in [4.78, 5) is 35.9. The number of primary amides is 1. The van der Waals surface area contributed by atoms with Crippen LogP contribution in [0.25, 0.3) is 0 Å². The summed E-state index contributed by atoms with van der Waals surface area (Å²) in [5, 5.41) is 43.3. The predicted molar refractivity (Wildman–Crippen MR) is 106 cm³/mol. The van der Waals surface area contributed by atoms with Crippen LogP contribution < -0.4 is 16.4 Å². The Kier molecular flexibility index (Phi) is 7.45. The van der Waals surface area contributed by atoms with Gasteiger partial charge in [-0.1, -0.05) is 12.1 Å². The Morgan fingerprint density at radius 3 is 1.90 bits per heavy atom. The average molecular weight is 417 g/mol. The van der Waals surface area contributed by atoms with Gasteiger partial charge in [0, 0.05) is 6.54 Å². The molecule has 0 aliphatic heterocycles. The fourth-order valence-corrected chi connectivity index (χ4v) is 2.72. The number of nitrogens with two attached hydrogens (primary N) is 1. The lowest BCUT2D eigenvalue weighted by Crippen LogP contribution is -2.44. The van der Waals surface area contributed by atoms with Crippen molar-refractivity contribution >= 4 is 17.7 Å². The molecule has 0 radical (unpaired) electrons. The van der Waals surface area contributed by atoms with Gasteiger partial charge < -0.3 is 36.8 Å². The fraction of sp³-hybridized carbons (Fsp3) is 0.250. The third-order valence-corrected chi connectivity index (χ3v) is 4.37. The largest absolute Gasteiger partial charge is 0.504 e. The number of phenols is 4. The SMILES string of the molecule is NC(=O)[C@H](CCCCNC(=O)c1cccc(O)c1O)NC(=O)c1cccc(O)c1O. The minimum Gasteiger partial charge on any atom is -0.504 e. The first kappa shape index (κ1) is 22.3. The molecule has 2 rings (SSSR count). The first-order valence-corrected chi connectivity index (χ1v) is 9.12. The molecule has 0 saturated carbocycles. The summed E-state index contributed by atoms with van der Waals surface area (Å²) in [6.45, 7) is 0.223. The molecule has 10 nitrogen and oxygen atoms in total. The molecule has 0 saturated heterocycles. The van der Waals surface area contributed by atoms with E-state index in [1.54, 1.807) is 0 Å². The predicted octanol–water partition coefficient (Wildman–Crippen LogP) is 0.693. The van der Waals surface area contributed by atoms with Crippen LogP contribution in [-0.4, -0.2) is 50.7 Å². The molecule has 2 aromatic rings. The van der Waals surface area contributed by atoms with Gasteiger partial charge in [-0.2, -0.15) is 0 Å². The maximum Gasteiger partial charge on any atom is 0.255 e. The number of unbranched alkanes of at least 4 members (excludes halogenated alkanes) is 1. The third-order valence-electron chi connectivity index (χ3n) is 4.37. The van der Waals surface area contributed by atoms with E-state index < -0.39 is 46.8 Å². The first-order chi connectivity index (χ1) is 14.2. The molecular weight excluding hydrogens is 394 g/mol. The van der Waals surface area contributed by atoms with Crippen molar-refractivity contribution in [2.75, 3.05) is 6.54 Å². The van der Waals surface area contributed by atoms with Gasteiger partial charge in [0.05, 0.1) is 11.1 Å². The lowest BCUT2D eigenvalue weighted by atomic mass is 10.1. The van der Waals surface area contributed by atoms with E-state index in [1.165, 1.54) is 36.4 Å². The van der Waals surface area contributed by atoms with E-state index in [1.807, 2.05) is 0 Å². The molecular formula is C20H23N3O7. The Bertz CT molecular complexity index is 946. The molecule has 3 amide bonds. The molecule has 30 heavy (non-hydrogen) atoms. The Morgan fingerprint density at radius 1 is 0.833 bits per heavy atom. The van der Waals surface area contributed by atoms with Gasteiger partial charge in [0.25, 0.3) is 11.8 Å². The van der Waals surface area contributed by atoms with Crippen LogP contribution in [0.4, 0.5) is 0 Å². The van der Waals surface area contributed by atoms with Gasteiger partial charge >= 0.3 is 0 Å². The van der Waals surface area contributed by atoms with Gasteiger partial charge in [-0.25, -0.2) is 0 Å². The summed E-state index contributed by atoms with van der Waals surface area (Å²) in [5.74, 6) is -4.08. The van der Waals surface area contributed by atoms with Crippen LogP contribution in [0.1, 0.15) is 40.0 Å². The summed E-state index contributed by atoms with van der Waals surface area (Å²) >= 11 is 0. The van der Waals surface area contributed by atoms with Crippen molar-refractivity contribution in [1.29, 1.82) is 0 Å². The monoisotopic (exact) mass is 417 g/mol. The zero-order valence-electron chi connectivity index (χ0n) is 16.0. The number of para-hydroxylation sites is 2. The molecule has 0 unspecified atom stereocenters. The number of benzene rings is 2. The van der Waals surface area contributed by atoms with Crippen LogP contribution in [0.3, 0.4) is 0 Å². The quantitative estimate of drug-likeness (QED) is 0.231. The second kappa shape index (κ2) is 10.0. The third kappa shape index (κ3) is 5.53. The van der Waals surface area contributed by atoms with Gasteiger partial charge in [0.2, 0.25) is 5.91 Å². The van der Waals surface area contributed by atoms with Crippen molar-refractivity contribution in [1.82, 2.24) is 10.6 Å². The number of nitrogens with one attached hydrogen (secondary N) is 2. The maximum absolute atomic E-state index is 12.2. The van der Waals surface area contributed by atoms with E-state index in [4.69, 9.17) is 5.73 Å². The smallest absolute Gasteiger partial charge is 0.255 e.